The van der Waals surface area contributed by atoms with E-state index in [1.807, 2.05) is 10.8 Å². The van der Waals surface area contributed by atoms with Gasteiger partial charge in [0.15, 0.2) is 0 Å². The van der Waals surface area contributed by atoms with E-state index in [0.29, 0.717) is 24.2 Å². The average molecular weight is 274 g/mol. The van der Waals surface area contributed by atoms with Gasteiger partial charge in [-0.15, -0.1) is 0 Å². The van der Waals surface area contributed by atoms with Gasteiger partial charge >= 0.3 is 5.97 Å². The van der Waals surface area contributed by atoms with Crippen LogP contribution in [0.1, 0.15) is 35.8 Å². The quantitative estimate of drug-likeness (QED) is 0.936. The molecule has 1 aromatic heterocycles. The maximum absolute atomic E-state index is 13.6. The summed E-state index contributed by atoms with van der Waals surface area (Å²) in [5, 5.41) is 9.21. The zero-order valence-corrected chi connectivity index (χ0v) is 10.9. The first-order valence-electron chi connectivity index (χ1n) is 6.67. The summed E-state index contributed by atoms with van der Waals surface area (Å²) >= 11 is 0. The summed E-state index contributed by atoms with van der Waals surface area (Å²) in [7, 11) is 0. The van der Waals surface area contributed by atoms with E-state index >= 15 is 0 Å². The van der Waals surface area contributed by atoms with Gasteiger partial charge in [-0.1, -0.05) is 18.2 Å². The number of rotatable bonds is 3. The maximum atomic E-state index is 13.6. The highest BCUT2D eigenvalue weighted by Crippen LogP contribution is 2.27. The Labute approximate surface area is 115 Å². The summed E-state index contributed by atoms with van der Waals surface area (Å²) < 4.78 is 15.5. The molecule has 1 unspecified atom stereocenters. The van der Waals surface area contributed by atoms with Crippen LogP contribution in [0.25, 0.3) is 0 Å². The molecule has 1 aromatic carbocycles. The van der Waals surface area contributed by atoms with Crippen molar-refractivity contribution in [1.82, 2.24) is 9.55 Å². The van der Waals surface area contributed by atoms with Gasteiger partial charge in [-0.25, -0.2) is 9.37 Å². The highest BCUT2D eigenvalue weighted by Gasteiger charge is 2.28. The van der Waals surface area contributed by atoms with Crippen LogP contribution < -0.4 is 0 Å². The number of halogens is 1. The Hall–Kier alpha value is -2.17. The molecule has 0 saturated carbocycles. The molecule has 2 aromatic rings. The number of carbonyl (C=O) groups is 1. The number of hydrogen-bond donors (Lipinski definition) is 1. The standard InChI is InChI=1S/C15H15FN2O2/c16-13-6-2-1-4-10(13)8-11-9-18-7-3-5-12(15(19)20)14(18)17-11/h1-2,4,6,9,12H,3,5,7-8H2,(H,19,20). The predicted octanol–water partition coefficient (Wildman–Crippen LogP) is 2.58. The van der Waals surface area contributed by atoms with Gasteiger partial charge in [0.25, 0.3) is 0 Å². The number of aryl methyl sites for hydroxylation is 1. The third-order valence-corrected chi connectivity index (χ3v) is 3.69. The second kappa shape index (κ2) is 5.07. The lowest BCUT2D eigenvalue weighted by molar-refractivity contribution is -0.139. The number of carboxylic acid groups (broad SMARTS) is 1. The fourth-order valence-corrected chi connectivity index (χ4v) is 2.69. The topological polar surface area (TPSA) is 55.1 Å². The molecular weight excluding hydrogens is 259 g/mol. The van der Waals surface area contributed by atoms with Crippen molar-refractivity contribution < 1.29 is 14.3 Å². The van der Waals surface area contributed by atoms with Crippen molar-refractivity contribution in [2.24, 2.45) is 0 Å². The zero-order valence-electron chi connectivity index (χ0n) is 10.9. The molecular formula is C15H15FN2O2. The Balaban J connectivity index is 1.90. The fourth-order valence-electron chi connectivity index (χ4n) is 2.69. The summed E-state index contributed by atoms with van der Waals surface area (Å²) in [6.07, 6.45) is 3.68. The first-order chi connectivity index (χ1) is 9.65. The van der Waals surface area contributed by atoms with Crippen LogP contribution in [-0.4, -0.2) is 20.6 Å². The molecule has 0 radical (unpaired) electrons. The van der Waals surface area contributed by atoms with Crippen LogP contribution in [0, 0.1) is 5.82 Å². The minimum atomic E-state index is -0.839. The minimum absolute atomic E-state index is 0.256. The molecule has 1 N–H and O–H groups in total. The third kappa shape index (κ3) is 2.31. The first kappa shape index (κ1) is 12.8. The highest BCUT2D eigenvalue weighted by atomic mass is 19.1. The van der Waals surface area contributed by atoms with Gasteiger partial charge in [0, 0.05) is 19.2 Å². The number of aliphatic carboxylic acids is 1. The molecule has 2 heterocycles. The Bertz CT molecular complexity index is 651. The zero-order chi connectivity index (χ0) is 14.1. The summed E-state index contributed by atoms with van der Waals surface area (Å²) in [5.74, 6) is -1.05. The van der Waals surface area contributed by atoms with Crippen LogP contribution >= 0.6 is 0 Å². The van der Waals surface area contributed by atoms with Gasteiger partial charge in [0.1, 0.15) is 17.6 Å². The number of imidazole rings is 1. The molecule has 0 amide bonds. The first-order valence-corrected chi connectivity index (χ1v) is 6.67. The van der Waals surface area contributed by atoms with Gasteiger partial charge in [-0.05, 0) is 24.5 Å². The number of benzene rings is 1. The lowest BCUT2D eigenvalue weighted by Crippen LogP contribution is -2.21. The molecule has 1 aliphatic heterocycles. The van der Waals surface area contributed by atoms with Crippen LogP contribution in [0.4, 0.5) is 4.39 Å². The Kier molecular flexibility index (Phi) is 3.26. The van der Waals surface area contributed by atoms with Crippen molar-refractivity contribution >= 4 is 5.97 Å². The van der Waals surface area contributed by atoms with Crippen molar-refractivity contribution in [3.05, 3.63) is 53.4 Å². The van der Waals surface area contributed by atoms with Crippen molar-refractivity contribution in [3.8, 4) is 0 Å². The van der Waals surface area contributed by atoms with Crippen molar-refractivity contribution in [2.75, 3.05) is 0 Å². The summed E-state index contributed by atoms with van der Waals surface area (Å²) in [6.45, 7) is 0.781. The van der Waals surface area contributed by atoms with E-state index in [9.17, 15) is 14.3 Å². The molecule has 0 spiro atoms. The van der Waals surface area contributed by atoms with E-state index < -0.39 is 11.9 Å². The van der Waals surface area contributed by atoms with Crippen LogP contribution in [0.15, 0.2) is 30.5 Å². The van der Waals surface area contributed by atoms with Crippen LogP contribution in [0.3, 0.4) is 0 Å². The summed E-state index contributed by atoms with van der Waals surface area (Å²) in [6, 6.07) is 6.58. The number of fused-ring (bicyclic) bond motifs is 1. The molecule has 1 atom stereocenters. The van der Waals surface area contributed by atoms with Crippen LogP contribution in [-0.2, 0) is 17.8 Å². The second-order valence-corrected chi connectivity index (χ2v) is 5.09. The SMILES string of the molecule is O=C(O)C1CCCn2cc(Cc3ccccc3F)nc21. The number of hydrogen-bond acceptors (Lipinski definition) is 2. The predicted molar refractivity (Wildman–Crippen MR) is 71.0 cm³/mol. The largest absolute Gasteiger partial charge is 0.481 e. The molecule has 20 heavy (non-hydrogen) atoms. The number of aromatic nitrogens is 2. The molecule has 5 heteroatoms. The second-order valence-electron chi connectivity index (χ2n) is 5.09. The molecule has 3 rings (SSSR count). The summed E-state index contributed by atoms with van der Waals surface area (Å²) in [4.78, 5) is 15.6. The van der Waals surface area contributed by atoms with E-state index in [2.05, 4.69) is 4.98 Å². The molecule has 0 bridgehead atoms. The van der Waals surface area contributed by atoms with E-state index in [1.54, 1.807) is 18.2 Å². The van der Waals surface area contributed by atoms with Crippen molar-refractivity contribution in [2.45, 2.75) is 31.7 Å². The number of carboxylic acids is 1. The van der Waals surface area contributed by atoms with Crippen molar-refractivity contribution in [3.63, 3.8) is 0 Å². The smallest absolute Gasteiger partial charge is 0.314 e. The van der Waals surface area contributed by atoms with E-state index in [-0.39, 0.29) is 5.82 Å². The molecule has 0 fully saturated rings. The molecule has 104 valence electrons. The van der Waals surface area contributed by atoms with Gasteiger partial charge in [0.05, 0.1) is 5.69 Å². The van der Waals surface area contributed by atoms with Crippen molar-refractivity contribution in [1.29, 1.82) is 0 Å². The van der Waals surface area contributed by atoms with Crippen LogP contribution in [0.5, 0.6) is 0 Å². The van der Waals surface area contributed by atoms with Gasteiger partial charge in [-0.3, -0.25) is 4.79 Å². The fraction of sp³-hybridized carbons (Fsp3) is 0.333. The lowest BCUT2D eigenvalue weighted by Gasteiger charge is -2.19. The Morgan fingerprint density at radius 1 is 1.45 bits per heavy atom. The average Bonchev–Trinajstić information content (AvgIpc) is 2.83. The van der Waals surface area contributed by atoms with E-state index in [4.69, 9.17) is 0 Å². The number of nitrogens with zero attached hydrogens (tertiary/aromatic N) is 2. The van der Waals surface area contributed by atoms with E-state index in [1.165, 1.54) is 6.07 Å². The maximum Gasteiger partial charge on any atom is 0.314 e. The highest BCUT2D eigenvalue weighted by molar-refractivity contribution is 5.75. The molecule has 1 aliphatic rings. The van der Waals surface area contributed by atoms with Gasteiger partial charge in [-0.2, -0.15) is 0 Å². The van der Waals surface area contributed by atoms with E-state index in [0.717, 1.165) is 18.7 Å². The third-order valence-electron chi connectivity index (χ3n) is 3.69. The molecule has 0 aliphatic carbocycles. The molecule has 4 nitrogen and oxygen atoms in total. The van der Waals surface area contributed by atoms with Gasteiger partial charge < -0.3 is 9.67 Å². The Morgan fingerprint density at radius 3 is 3.00 bits per heavy atom. The normalized spacial score (nSPS) is 17.8. The van der Waals surface area contributed by atoms with Gasteiger partial charge in [0.2, 0.25) is 0 Å². The Morgan fingerprint density at radius 2 is 2.25 bits per heavy atom. The lowest BCUT2D eigenvalue weighted by atomic mass is 9.99. The van der Waals surface area contributed by atoms with Crippen LogP contribution in [0.2, 0.25) is 0 Å². The summed E-state index contributed by atoms with van der Waals surface area (Å²) in [5.41, 5.74) is 1.30. The molecule has 0 saturated heterocycles. The minimum Gasteiger partial charge on any atom is -0.481 e. The monoisotopic (exact) mass is 274 g/mol.